The van der Waals surface area contributed by atoms with E-state index in [4.69, 9.17) is 0 Å². The van der Waals surface area contributed by atoms with Crippen LogP contribution in [0.15, 0.2) is 0 Å². The van der Waals surface area contributed by atoms with Gasteiger partial charge in [-0.25, -0.2) is 4.72 Å². The van der Waals surface area contributed by atoms with Crippen LogP contribution in [0.5, 0.6) is 0 Å². The summed E-state index contributed by atoms with van der Waals surface area (Å²) in [7, 11) is -4.10. The molecule has 0 aliphatic carbocycles. The molecular formula is C8H16F3N3O2S. The third-order valence-corrected chi connectivity index (χ3v) is 3.62. The van der Waals surface area contributed by atoms with Gasteiger partial charge in [-0.2, -0.15) is 26.3 Å². The van der Waals surface area contributed by atoms with Crippen molar-refractivity contribution in [1.82, 2.24) is 14.8 Å². The van der Waals surface area contributed by atoms with Crippen LogP contribution in [-0.2, 0) is 10.2 Å². The molecule has 102 valence electrons. The van der Waals surface area contributed by atoms with Crippen LogP contribution in [0.1, 0.15) is 19.8 Å². The van der Waals surface area contributed by atoms with E-state index in [2.05, 4.69) is 10.0 Å². The van der Waals surface area contributed by atoms with Crippen LogP contribution >= 0.6 is 0 Å². The van der Waals surface area contributed by atoms with Crippen LogP contribution in [0.3, 0.4) is 0 Å². The highest BCUT2D eigenvalue weighted by Crippen LogP contribution is 2.17. The highest BCUT2D eigenvalue weighted by atomic mass is 32.2. The molecule has 0 spiro atoms. The van der Waals surface area contributed by atoms with E-state index < -0.39 is 22.9 Å². The molecule has 3 N–H and O–H groups in total. The predicted octanol–water partition coefficient (Wildman–Crippen LogP) is 0.115. The molecule has 1 fully saturated rings. The first-order valence-electron chi connectivity index (χ1n) is 5.18. The molecule has 0 saturated carbocycles. The van der Waals surface area contributed by atoms with Gasteiger partial charge in [-0.3, -0.25) is 0 Å². The van der Waals surface area contributed by atoms with Gasteiger partial charge in [-0.1, -0.05) is 0 Å². The maximum Gasteiger partial charge on any atom is 0.402 e. The number of nitrogens with one attached hydrogen (secondary N) is 3. The zero-order valence-electron chi connectivity index (χ0n) is 9.39. The lowest BCUT2D eigenvalue weighted by Gasteiger charge is -2.24. The second-order valence-electron chi connectivity index (χ2n) is 4.35. The Balaban J connectivity index is 2.39. The summed E-state index contributed by atoms with van der Waals surface area (Å²) in [5.41, 5.74) is -0.382. The first kappa shape index (κ1) is 14.7. The summed E-state index contributed by atoms with van der Waals surface area (Å²) in [5.74, 6) is 0. The van der Waals surface area contributed by atoms with Gasteiger partial charge in [-0.05, 0) is 26.3 Å². The van der Waals surface area contributed by atoms with Crippen molar-refractivity contribution in [2.75, 3.05) is 19.6 Å². The van der Waals surface area contributed by atoms with Crippen LogP contribution in [0.25, 0.3) is 0 Å². The number of alkyl halides is 3. The van der Waals surface area contributed by atoms with Crippen LogP contribution in [-0.4, -0.2) is 39.8 Å². The molecule has 0 aromatic rings. The van der Waals surface area contributed by atoms with Gasteiger partial charge in [-0.15, -0.1) is 0 Å². The maximum atomic E-state index is 11.8. The molecule has 1 aliphatic rings. The van der Waals surface area contributed by atoms with Crippen molar-refractivity contribution in [1.29, 1.82) is 0 Å². The van der Waals surface area contributed by atoms with Gasteiger partial charge < -0.3 is 5.32 Å². The first-order chi connectivity index (χ1) is 7.62. The summed E-state index contributed by atoms with van der Waals surface area (Å²) in [6.07, 6.45) is -2.84. The molecule has 0 aromatic heterocycles. The zero-order valence-corrected chi connectivity index (χ0v) is 10.2. The van der Waals surface area contributed by atoms with E-state index in [9.17, 15) is 21.6 Å². The summed E-state index contributed by atoms with van der Waals surface area (Å²) in [6, 6.07) is 0. The maximum absolute atomic E-state index is 11.8. The number of hydrogen-bond acceptors (Lipinski definition) is 3. The number of rotatable bonds is 5. The number of halogens is 3. The monoisotopic (exact) mass is 275 g/mol. The SMILES string of the molecule is CC1(CNS(=O)(=O)NCC(F)(F)F)CCCN1. The molecule has 0 radical (unpaired) electrons. The van der Waals surface area contributed by atoms with Crippen molar-refractivity contribution in [3.63, 3.8) is 0 Å². The van der Waals surface area contributed by atoms with Gasteiger partial charge in [0.25, 0.3) is 10.2 Å². The van der Waals surface area contributed by atoms with Crippen LogP contribution in [0.4, 0.5) is 13.2 Å². The van der Waals surface area contributed by atoms with E-state index in [0.717, 1.165) is 19.4 Å². The minimum Gasteiger partial charge on any atom is -0.310 e. The highest BCUT2D eigenvalue weighted by Gasteiger charge is 2.32. The minimum absolute atomic E-state index is 0.0696. The molecular weight excluding hydrogens is 259 g/mol. The smallest absolute Gasteiger partial charge is 0.310 e. The third kappa shape index (κ3) is 5.66. The normalized spacial score (nSPS) is 26.4. The van der Waals surface area contributed by atoms with Gasteiger partial charge in [0.15, 0.2) is 0 Å². The van der Waals surface area contributed by atoms with Gasteiger partial charge in [0.1, 0.15) is 6.54 Å². The lowest BCUT2D eigenvalue weighted by Crippen LogP contribution is -2.50. The Morgan fingerprint density at radius 2 is 2.00 bits per heavy atom. The topological polar surface area (TPSA) is 70.2 Å². The lowest BCUT2D eigenvalue weighted by molar-refractivity contribution is -0.121. The van der Waals surface area contributed by atoms with E-state index in [1.165, 1.54) is 4.72 Å². The fraction of sp³-hybridized carbons (Fsp3) is 1.00. The van der Waals surface area contributed by atoms with Crippen molar-refractivity contribution >= 4 is 10.2 Å². The Bertz CT molecular complexity index is 350. The Morgan fingerprint density at radius 1 is 1.35 bits per heavy atom. The Kier molecular flexibility index (Phi) is 4.39. The molecule has 0 aromatic carbocycles. The molecule has 5 nitrogen and oxygen atoms in total. The van der Waals surface area contributed by atoms with E-state index in [0.29, 0.717) is 0 Å². The average molecular weight is 275 g/mol. The van der Waals surface area contributed by atoms with Crippen molar-refractivity contribution in [3.05, 3.63) is 0 Å². The molecule has 1 aliphatic heterocycles. The fourth-order valence-corrected chi connectivity index (χ4v) is 2.55. The Morgan fingerprint density at radius 3 is 2.47 bits per heavy atom. The molecule has 9 heteroatoms. The summed E-state index contributed by atoms with van der Waals surface area (Å²) in [6.45, 7) is 1.12. The summed E-state index contributed by atoms with van der Waals surface area (Å²) >= 11 is 0. The van der Waals surface area contributed by atoms with Gasteiger partial charge in [0, 0.05) is 12.1 Å². The molecule has 1 rings (SSSR count). The largest absolute Gasteiger partial charge is 0.402 e. The summed E-state index contributed by atoms with van der Waals surface area (Å²) in [4.78, 5) is 0. The number of hydrogen-bond donors (Lipinski definition) is 3. The van der Waals surface area contributed by atoms with Crippen molar-refractivity contribution < 1.29 is 21.6 Å². The second kappa shape index (κ2) is 5.09. The minimum atomic E-state index is -4.55. The molecule has 1 saturated heterocycles. The van der Waals surface area contributed by atoms with E-state index >= 15 is 0 Å². The lowest BCUT2D eigenvalue weighted by atomic mass is 10.0. The van der Waals surface area contributed by atoms with Crippen molar-refractivity contribution in [2.24, 2.45) is 0 Å². The van der Waals surface area contributed by atoms with E-state index in [1.54, 1.807) is 0 Å². The Hall–Kier alpha value is -0.380. The van der Waals surface area contributed by atoms with Crippen molar-refractivity contribution in [2.45, 2.75) is 31.5 Å². The first-order valence-corrected chi connectivity index (χ1v) is 6.66. The van der Waals surface area contributed by atoms with Crippen LogP contribution in [0.2, 0.25) is 0 Å². The Labute approximate surface area is 98.3 Å². The van der Waals surface area contributed by atoms with E-state index in [-0.39, 0.29) is 12.1 Å². The third-order valence-electron chi connectivity index (χ3n) is 2.57. The molecule has 0 bridgehead atoms. The van der Waals surface area contributed by atoms with E-state index in [1.807, 2.05) is 6.92 Å². The molecule has 17 heavy (non-hydrogen) atoms. The highest BCUT2D eigenvalue weighted by molar-refractivity contribution is 7.87. The zero-order chi connectivity index (χ0) is 13.2. The van der Waals surface area contributed by atoms with Crippen LogP contribution < -0.4 is 14.8 Å². The molecule has 1 atom stereocenters. The van der Waals surface area contributed by atoms with Gasteiger partial charge >= 0.3 is 6.18 Å². The van der Waals surface area contributed by atoms with Crippen molar-refractivity contribution in [3.8, 4) is 0 Å². The standard InChI is InChI=1S/C8H16F3N3O2S/c1-7(3-2-4-12-7)5-13-17(15,16)14-6-8(9,10)11/h12-14H,2-6H2,1H3. The molecule has 1 heterocycles. The van der Waals surface area contributed by atoms with Gasteiger partial charge in [0.05, 0.1) is 0 Å². The summed E-state index contributed by atoms with van der Waals surface area (Å²) in [5, 5.41) is 3.10. The van der Waals surface area contributed by atoms with Crippen LogP contribution in [0, 0.1) is 0 Å². The summed E-state index contributed by atoms with van der Waals surface area (Å²) < 4.78 is 61.5. The predicted molar refractivity (Wildman–Crippen MR) is 56.6 cm³/mol. The fourth-order valence-electron chi connectivity index (χ4n) is 1.59. The average Bonchev–Trinajstić information content (AvgIpc) is 2.60. The molecule has 1 unspecified atom stereocenters. The van der Waals surface area contributed by atoms with Gasteiger partial charge in [0.2, 0.25) is 0 Å². The molecule has 0 amide bonds. The second-order valence-corrected chi connectivity index (χ2v) is 5.94. The quantitative estimate of drug-likeness (QED) is 0.667.